The van der Waals surface area contributed by atoms with E-state index in [1.165, 1.54) is 6.07 Å². The summed E-state index contributed by atoms with van der Waals surface area (Å²) in [5.74, 6) is -0.518. The van der Waals surface area contributed by atoms with Gasteiger partial charge in [0.25, 0.3) is 5.91 Å². The van der Waals surface area contributed by atoms with Crippen LogP contribution in [0.2, 0.25) is 0 Å². The van der Waals surface area contributed by atoms with Crippen molar-refractivity contribution in [3.8, 4) is 0 Å². The lowest BCUT2D eigenvalue weighted by molar-refractivity contribution is -0.126. The van der Waals surface area contributed by atoms with Gasteiger partial charge in [0.2, 0.25) is 10.0 Å². The van der Waals surface area contributed by atoms with Crippen molar-refractivity contribution in [2.75, 3.05) is 13.2 Å². The maximum Gasteiger partial charge on any atom is 0.417 e. The number of hydrogen-bond donors (Lipinski definition) is 1. The van der Waals surface area contributed by atoms with E-state index in [2.05, 4.69) is 13.5 Å². The Kier molecular flexibility index (Phi) is 4.79. The highest BCUT2D eigenvalue weighted by Gasteiger charge is 2.35. The summed E-state index contributed by atoms with van der Waals surface area (Å²) in [5.41, 5.74) is 1.34. The van der Waals surface area contributed by atoms with E-state index in [4.69, 9.17) is 4.74 Å². The maximum atomic E-state index is 13.1. The van der Waals surface area contributed by atoms with Crippen molar-refractivity contribution in [1.29, 1.82) is 0 Å². The van der Waals surface area contributed by atoms with Gasteiger partial charge in [-0.2, -0.15) is 8.75 Å². The van der Waals surface area contributed by atoms with Crippen LogP contribution in [0.3, 0.4) is 0 Å². The Morgan fingerprint density at radius 1 is 1.11 bits per heavy atom. The van der Waals surface area contributed by atoms with Crippen molar-refractivity contribution in [2.24, 2.45) is 0 Å². The Morgan fingerprint density at radius 3 is 2.61 bits per heavy atom. The Hall–Kier alpha value is -2.89. The minimum absolute atomic E-state index is 0.0185. The normalized spacial score (nSPS) is 15.8. The molecule has 2 aromatic carbocycles. The van der Waals surface area contributed by atoms with Crippen LogP contribution in [0, 0.1) is 0 Å². The number of benzene rings is 2. The summed E-state index contributed by atoms with van der Waals surface area (Å²) in [6, 6.07) is 12.5. The minimum atomic E-state index is -4.02. The lowest BCUT2D eigenvalue weighted by atomic mass is 10.1. The predicted molar refractivity (Wildman–Crippen MR) is 100.0 cm³/mol. The fraction of sp³-hybridized carbons (Fsp3) is 0.176. The number of carbonyl (C=O) groups excluding carboxylic acids is 2. The fourth-order valence-electron chi connectivity index (χ4n) is 2.89. The summed E-state index contributed by atoms with van der Waals surface area (Å²) < 4.78 is 41.6. The molecule has 1 aliphatic rings. The largest absolute Gasteiger partial charge is 0.439 e. The van der Waals surface area contributed by atoms with Crippen molar-refractivity contribution < 1.29 is 22.7 Å². The lowest BCUT2D eigenvalue weighted by Crippen LogP contribution is -2.40. The van der Waals surface area contributed by atoms with Gasteiger partial charge in [0.05, 0.1) is 24.3 Å². The van der Waals surface area contributed by atoms with Crippen LogP contribution in [-0.4, -0.2) is 47.2 Å². The van der Waals surface area contributed by atoms with Gasteiger partial charge >= 0.3 is 6.09 Å². The van der Waals surface area contributed by atoms with E-state index in [0.29, 0.717) is 11.1 Å². The van der Waals surface area contributed by atoms with Gasteiger partial charge in [0, 0.05) is 0 Å². The number of aromatic nitrogens is 2. The first-order valence-corrected chi connectivity index (χ1v) is 10.4. The average Bonchev–Trinajstić information content (AvgIpc) is 3.29. The molecule has 1 aliphatic heterocycles. The minimum Gasteiger partial charge on any atom is -0.439 e. The molecule has 3 aromatic rings. The van der Waals surface area contributed by atoms with Crippen LogP contribution in [0.1, 0.15) is 11.6 Å². The first-order valence-electron chi connectivity index (χ1n) is 8.21. The Labute approximate surface area is 164 Å². The van der Waals surface area contributed by atoms with Crippen molar-refractivity contribution in [3.05, 3.63) is 54.1 Å². The molecule has 1 unspecified atom stereocenters. The number of hydrogen-bond acceptors (Lipinski definition) is 8. The molecule has 0 aliphatic carbocycles. The van der Waals surface area contributed by atoms with E-state index in [1.54, 1.807) is 42.5 Å². The van der Waals surface area contributed by atoms with Crippen LogP contribution >= 0.6 is 11.7 Å². The van der Waals surface area contributed by atoms with Gasteiger partial charge in [0.1, 0.15) is 15.9 Å². The summed E-state index contributed by atoms with van der Waals surface area (Å²) in [5, 5.41) is 0. The second-order valence-electron chi connectivity index (χ2n) is 6.03. The van der Waals surface area contributed by atoms with Gasteiger partial charge in [-0.1, -0.05) is 36.4 Å². The van der Waals surface area contributed by atoms with Crippen molar-refractivity contribution in [3.63, 3.8) is 0 Å². The zero-order chi connectivity index (χ0) is 19.7. The second kappa shape index (κ2) is 7.26. The molecule has 1 atom stereocenters. The number of cyclic esters (lactones) is 1. The van der Waals surface area contributed by atoms with Crippen molar-refractivity contribution >= 4 is 44.8 Å². The third kappa shape index (κ3) is 3.46. The standard InChI is InChI=1S/C17H14N4O5S2/c22-15-10-26-17(23)21(15)9-13(11-5-2-1-3-6-11)20-28(24,25)14-8-4-7-12-16(14)19-27-18-12/h1-8,13,20H,9-10H2. The average molecular weight is 418 g/mol. The molecule has 1 fully saturated rings. The molecule has 144 valence electrons. The predicted octanol–water partition coefficient (Wildman–Crippen LogP) is 1.69. The Morgan fingerprint density at radius 2 is 1.89 bits per heavy atom. The third-order valence-electron chi connectivity index (χ3n) is 4.24. The number of rotatable bonds is 6. The monoisotopic (exact) mass is 418 g/mol. The van der Waals surface area contributed by atoms with Crippen LogP contribution in [0.4, 0.5) is 4.79 Å². The van der Waals surface area contributed by atoms with Gasteiger partial charge in [-0.05, 0) is 17.7 Å². The number of nitrogens with one attached hydrogen (secondary N) is 1. The molecular weight excluding hydrogens is 404 g/mol. The van der Waals surface area contributed by atoms with E-state index >= 15 is 0 Å². The number of amides is 2. The highest BCUT2D eigenvalue weighted by Crippen LogP contribution is 2.24. The van der Waals surface area contributed by atoms with Crippen LogP contribution in [0.15, 0.2) is 53.4 Å². The summed E-state index contributed by atoms with van der Waals surface area (Å²) in [6.07, 6.45) is -0.795. The fourth-order valence-corrected chi connectivity index (χ4v) is 4.87. The van der Waals surface area contributed by atoms with Crippen molar-refractivity contribution in [1.82, 2.24) is 18.4 Å². The topological polar surface area (TPSA) is 119 Å². The van der Waals surface area contributed by atoms with E-state index in [1.807, 2.05) is 0 Å². The number of nitrogens with zero attached hydrogens (tertiary/aromatic N) is 3. The molecule has 11 heteroatoms. The molecule has 0 spiro atoms. The quantitative estimate of drug-likeness (QED) is 0.647. The van der Waals surface area contributed by atoms with Gasteiger partial charge < -0.3 is 4.74 Å². The van der Waals surface area contributed by atoms with Crippen LogP contribution in [-0.2, 0) is 19.6 Å². The van der Waals surface area contributed by atoms with Gasteiger partial charge in [0.15, 0.2) is 6.61 Å². The summed E-state index contributed by atoms with van der Waals surface area (Å²) in [6.45, 7) is -0.539. The molecule has 1 aromatic heterocycles. The van der Waals surface area contributed by atoms with E-state index < -0.39 is 28.1 Å². The SMILES string of the molecule is O=C1COC(=O)N1CC(NS(=O)(=O)c1cccc2nsnc12)c1ccccc1. The molecule has 9 nitrogen and oxygen atoms in total. The molecule has 0 saturated carbocycles. The summed E-state index contributed by atoms with van der Waals surface area (Å²) in [4.78, 5) is 24.6. The Bertz CT molecular complexity index is 1130. The summed E-state index contributed by atoms with van der Waals surface area (Å²) in [7, 11) is -4.02. The number of carbonyl (C=O) groups is 2. The van der Waals surface area contributed by atoms with E-state index in [0.717, 1.165) is 16.6 Å². The maximum absolute atomic E-state index is 13.1. The van der Waals surface area contributed by atoms with Gasteiger partial charge in [-0.15, -0.1) is 0 Å². The number of fused-ring (bicyclic) bond motifs is 1. The smallest absolute Gasteiger partial charge is 0.417 e. The number of sulfonamides is 1. The molecule has 1 N–H and O–H groups in total. The first-order chi connectivity index (χ1) is 13.5. The van der Waals surface area contributed by atoms with Crippen LogP contribution < -0.4 is 4.72 Å². The zero-order valence-electron chi connectivity index (χ0n) is 14.3. The molecule has 0 radical (unpaired) electrons. The molecular formula is C17H14N4O5S2. The number of imide groups is 1. The highest BCUT2D eigenvalue weighted by atomic mass is 32.2. The molecule has 2 heterocycles. The molecule has 4 rings (SSSR count). The zero-order valence-corrected chi connectivity index (χ0v) is 15.9. The third-order valence-corrected chi connectivity index (χ3v) is 6.29. The summed E-state index contributed by atoms with van der Waals surface area (Å²) >= 11 is 0.919. The molecule has 1 saturated heterocycles. The molecule has 28 heavy (non-hydrogen) atoms. The highest BCUT2D eigenvalue weighted by molar-refractivity contribution is 7.89. The van der Waals surface area contributed by atoms with Crippen LogP contribution in [0.25, 0.3) is 11.0 Å². The van der Waals surface area contributed by atoms with E-state index in [-0.39, 0.29) is 23.6 Å². The molecule has 0 bridgehead atoms. The Balaban J connectivity index is 1.70. The van der Waals surface area contributed by atoms with E-state index in [9.17, 15) is 18.0 Å². The first kappa shape index (κ1) is 18.5. The lowest BCUT2D eigenvalue weighted by Gasteiger charge is -2.22. The second-order valence-corrected chi connectivity index (χ2v) is 8.24. The van der Waals surface area contributed by atoms with Gasteiger partial charge in [-0.25, -0.2) is 22.8 Å². The van der Waals surface area contributed by atoms with Gasteiger partial charge in [-0.3, -0.25) is 4.79 Å². The van der Waals surface area contributed by atoms with Crippen molar-refractivity contribution in [2.45, 2.75) is 10.9 Å². The number of ether oxygens (including phenoxy) is 1. The van der Waals surface area contributed by atoms with Crippen LogP contribution in [0.5, 0.6) is 0 Å². The molecule has 2 amide bonds.